The minimum Gasteiger partial charge on any atom is -0.341 e. The van der Waals surface area contributed by atoms with Crippen molar-refractivity contribution in [2.45, 2.75) is 24.9 Å². The summed E-state index contributed by atoms with van der Waals surface area (Å²) in [5.74, 6) is 0.309. The molecule has 2 atom stereocenters. The van der Waals surface area contributed by atoms with E-state index >= 15 is 0 Å². The summed E-state index contributed by atoms with van der Waals surface area (Å²) in [4.78, 5) is 1.82. The van der Waals surface area contributed by atoms with Crippen molar-refractivity contribution >= 4 is 42.7 Å². The second kappa shape index (κ2) is 6.61. The van der Waals surface area contributed by atoms with Crippen LogP contribution in [0.2, 0.25) is 0 Å². The van der Waals surface area contributed by atoms with Gasteiger partial charge in [0, 0.05) is 17.8 Å². The number of anilines is 1. The summed E-state index contributed by atoms with van der Waals surface area (Å²) in [5, 5.41) is 3.51. The van der Waals surface area contributed by atoms with Crippen molar-refractivity contribution in [2.24, 2.45) is 0 Å². The summed E-state index contributed by atoms with van der Waals surface area (Å²) in [6, 6.07) is 8.82. The van der Waals surface area contributed by atoms with E-state index in [1.165, 1.54) is 0 Å². The van der Waals surface area contributed by atoms with Crippen molar-refractivity contribution in [3.05, 3.63) is 30.3 Å². The lowest BCUT2D eigenvalue weighted by Crippen LogP contribution is -2.50. The fourth-order valence-electron chi connectivity index (χ4n) is 3.33. The van der Waals surface area contributed by atoms with Crippen LogP contribution >= 0.6 is 12.2 Å². The van der Waals surface area contributed by atoms with Crippen molar-refractivity contribution in [3.8, 4) is 0 Å². The molecule has 2 aliphatic rings. The quantitative estimate of drug-likeness (QED) is 0.775. The van der Waals surface area contributed by atoms with Gasteiger partial charge in [-0.05, 0) is 37.2 Å². The van der Waals surface area contributed by atoms with Gasteiger partial charge in [0.25, 0.3) is 0 Å². The Bertz CT molecular complexity index is 778. The first-order valence-corrected chi connectivity index (χ1v) is 11.9. The van der Waals surface area contributed by atoms with Crippen LogP contribution in [0.5, 0.6) is 0 Å². The number of thiocarbonyl (C=S) groups is 1. The highest BCUT2D eigenvalue weighted by atomic mass is 32.2. The number of rotatable bonds is 3. The van der Waals surface area contributed by atoms with E-state index in [0.717, 1.165) is 5.69 Å². The largest absolute Gasteiger partial charge is 0.341 e. The van der Waals surface area contributed by atoms with Crippen LogP contribution in [0.3, 0.4) is 0 Å². The van der Waals surface area contributed by atoms with Crippen LogP contribution in [0, 0.1) is 0 Å². The molecule has 2 saturated heterocycles. The Labute approximate surface area is 148 Å². The Morgan fingerprint density at radius 3 is 1.88 bits per heavy atom. The lowest BCUT2D eigenvalue weighted by Gasteiger charge is -2.35. The molecule has 0 unspecified atom stereocenters. The molecule has 0 spiro atoms. The van der Waals surface area contributed by atoms with Crippen LogP contribution in [0.15, 0.2) is 30.3 Å². The maximum atomic E-state index is 11.9. The molecule has 1 aromatic carbocycles. The molecule has 2 fully saturated rings. The summed E-state index contributed by atoms with van der Waals surface area (Å²) in [6.45, 7) is 0. The highest BCUT2D eigenvalue weighted by molar-refractivity contribution is 7.92. The Kier molecular flexibility index (Phi) is 4.85. The maximum absolute atomic E-state index is 11.9. The van der Waals surface area contributed by atoms with Crippen molar-refractivity contribution in [3.63, 3.8) is 0 Å². The zero-order valence-corrected chi connectivity index (χ0v) is 15.5. The van der Waals surface area contributed by atoms with Crippen molar-refractivity contribution in [1.82, 2.24) is 4.90 Å². The molecular formula is C15H20N2O4S3. The third-order valence-corrected chi connectivity index (χ3v) is 8.28. The molecular weight excluding hydrogens is 368 g/mol. The third kappa shape index (κ3) is 4.07. The van der Waals surface area contributed by atoms with Gasteiger partial charge in [-0.3, -0.25) is 0 Å². The van der Waals surface area contributed by atoms with E-state index in [1.807, 2.05) is 35.2 Å². The minimum atomic E-state index is -3.08. The highest BCUT2D eigenvalue weighted by Crippen LogP contribution is 2.26. The molecule has 3 rings (SSSR count). The normalized spacial score (nSPS) is 27.7. The molecule has 0 bridgehead atoms. The molecule has 0 aromatic heterocycles. The summed E-state index contributed by atoms with van der Waals surface area (Å²) in [6.07, 6.45) is 0.963. The van der Waals surface area contributed by atoms with Gasteiger partial charge in [-0.1, -0.05) is 18.2 Å². The van der Waals surface area contributed by atoms with Gasteiger partial charge in [0.1, 0.15) is 0 Å². The average molecular weight is 389 g/mol. The fourth-order valence-corrected chi connectivity index (χ4v) is 7.17. The smallest absolute Gasteiger partial charge is 0.173 e. The van der Waals surface area contributed by atoms with E-state index in [1.54, 1.807) is 0 Å². The van der Waals surface area contributed by atoms with Gasteiger partial charge in [0.05, 0.1) is 23.0 Å². The molecule has 9 heteroatoms. The maximum Gasteiger partial charge on any atom is 0.173 e. The number of benzene rings is 1. The molecule has 132 valence electrons. The van der Waals surface area contributed by atoms with Crippen LogP contribution in [-0.2, 0) is 19.7 Å². The van der Waals surface area contributed by atoms with Gasteiger partial charge in [-0.15, -0.1) is 0 Å². The third-order valence-electron chi connectivity index (χ3n) is 4.46. The van der Waals surface area contributed by atoms with E-state index in [9.17, 15) is 16.8 Å². The van der Waals surface area contributed by atoms with Gasteiger partial charge in [0.2, 0.25) is 0 Å². The first-order valence-electron chi connectivity index (χ1n) is 7.81. The van der Waals surface area contributed by atoms with Crippen molar-refractivity contribution in [2.75, 3.05) is 28.3 Å². The molecule has 6 nitrogen and oxygen atoms in total. The van der Waals surface area contributed by atoms with Gasteiger partial charge in [0.15, 0.2) is 24.8 Å². The number of hydrogen-bond acceptors (Lipinski definition) is 5. The Balaban J connectivity index is 1.83. The zero-order chi connectivity index (χ0) is 17.4. The summed E-state index contributed by atoms with van der Waals surface area (Å²) < 4.78 is 47.4. The standard InChI is InChI=1S/C15H20N2O4S3/c18-23(19)8-6-13(10-23)17(14-7-9-24(20,21)11-14)15(22)16-12-4-2-1-3-5-12/h1-5,13-14H,6-11H2,(H,16,22)/t13-,14-/m1/s1. The van der Waals surface area contributed by atoms with Crippen LogP contribution < -0.4 is 5.32 Å². The van der Waals surface area contributed by atoms with Gasteiger partial charge >= 0.3 is 0 Å². The zero-order valence-electron chi connectivity index (χ0n) is 13.1. The first kappa shape index (κ1) is 17.6. The van der Waals surface area contributed by atoms with Crippen LogP contribution in [0.25, 0.3) is 0 Å². The number of para-hydroxylation sites is 1. The van der Waals surface area contributed by atoms with E-state index in [-0.39, 0.29) is 35.1 Å². The fraction of sp³-hybridized carbons (Fsp3) is 0.533. The van der Waals surface area contributed by atoms with Crippen molar-refractivity contribution in [1.29, 1.82) is 0 Å². The molecule has 2 heterocycles. The van der Waals surface area contributed by atoms with Gasteiger partial charge in [-0.25, -0.2) is 16.8 Å². The molecule has 2 aliphatic heterocycles. The summed E-state index contributed by atoms with van der Waals surface area (Å²) in [7, 11) is -6.17. The molecule has 0 saturated carbocycles. The number of nitrogens with zero attached hydrogens (tertiary/aromatic N) is 1. The average Bonchev–Trinajstić information content (AvgIpc) is 3.03. The lowest BCUT2D eigenvalue weighted by atomic mass is 10.1. The van der Waals surface area contributed by atoms with Gasteiger partial charge < -0.3 is 10.2 Å². The molecule has 1 N–H and O–H groups in total. The molecule has 1 aromatic rings. The Hall–Kier alpha value is -1.19. The van der Waals surface area contributed by atoms with E-state index in [4.69, 9.17) is 12.2 Å². The number of sulfone groups is 2. The van der Waals surface area contributed by atoms with Gasteiger partial charge in [-0.2, -0.15) is 0 Å². The first-order chi connectivity index (χ1) is 11.3. The molecule has 0 radical (unpaired) electrons. The second-order valence-electron chi connectivity index (χ2n) is 6.32. The second-order valence-corrected chi connectivity index (χ2v) is 11.2. The Morgan fingerprint density at radius 1 is 0.958 bits per heavy atom. The van der Waals surface area contributed by atoms with Crippen LogP contribution in [0.1, 0.15) is 12.8 Å². The predicted molar refractivity (Wildman–Crippen MR) is 98.6 cm³/mol. The lowest BCUT2D eigenvalue weighted by molar-refractivity contribution is 0.273. The number of nitrogens with one attached hydrogen (secondary N) is 1. The van der Waals surface area contributed by atoms with Crippen LogP contribution in [0.4, 0.5) is 5.69 Å². The summed E-state index contributed by atoms with van der Waals surface area (Å²) in [5.41, 5.74) is 0.800. The minimum absolute atomic E-state index is 0.0279. The number of hydrogen-bond donors (Lipinski definition) is 1. The molecule has 0 amide bonds. The topological polar surface area (TPSA) is 83.6 Å². The predicted octanol–water partition coefficient (Wildman–Crippen LogP) is 1.06. The van der Waals surface area contributed by atoms with E-state index < -0.39 is 19.7 Å². The SMILES string of the molecule is O=S1(=O)CC[C@@H](N(C(=S)Nc2ccccc2)[C@@H]2CCS(=O)(=O)C2)C1. The molecule has 24 heavy (non-hydrogen) atoms. The Morgan fingerprint density at radius 2 is 1.46 bits per heavy atom. The molecule has 0 aliphatic carbocycles. The van der Waals surface area contributed by atoms with E-state index in [2.05, 4.69) is 5.32 Å². The van der Waals surface area contributed by atoms with Crippen molar-refractivity contribution < 1.29 is 16.8 Å². The van der Waals surface area contributed by atoms with Crippen LogP contribution in [-0.4, -0.2) is 61.9 Å². The summed E-state index contributed by atoms with van der Waals surface area (Å²) >= 11 is 5.51. The monoisotopic (exact) mass is 388 g/mol. The highest BCUT2D eigenvalue weighted by Gasteiger charge is 2.41. The van der Waals surface area contributed by atoms with E-state index in [0.29, 0.717) is 18.0 Å².